The fourth-order valence-electron chi connectivity index (χ4n) is 4.56. The van der Waals surface area contributed by atoms with Crippen LogP contribution in [0, 0.1) is 0 Å². The fraction of sp³-hybridized carbons (Fsp3) is 0.129. The van der Waals surface area contributed by atoms with Gasteiger partial charge in [-0.2, -0.15) is 0 Å². The summed E-state index contributed by atoms with van der Waals surface area (Å²) in [6.45, 7) is 5.70. The maximum Gasteiger partial charge on any atom is 0.338 e. The van der Waals surface area contributed by atoms with Crippen molar-refractivity contribution in [2.24, 2.45) is 4.99 Å². The quantitative estimate of drug-likeness (QED) is 0.289. The van der Waals surface area contributed by atoms with Gasteiger partial charge in [-0.15, -0.1) is 6.58 Å². The number of thiazole rings is 1. The minimum Gasteiger partial charge on any atom is -0.508 e. The average Bonchev–Trinajstić information content (AvgIpc) is 3.25. The second-order valence-corrected chi connectivity index (χ2v) is 9.73. The van der Waals surface area contributed by atoms with E-state index in [2.05, 4.69) is 6.58 Å². The number of allylic oxidation sites excluding steroid dienone is 1. The molecule has 0 aliphatic carbocycles. The number of benzene rings is 3. The summed E-state index contributed by atoms with van der Waals surface area (Å²) in [7, 11) is 0. The molecule has 0 unspecified atom stereocenters. The van der Waals surface area contributed by atoms with Crippen molar-refractivity contribution in [3.8, 4) is 5.75 Å². The van der Waals surface area contributed by atoms with Crippen LogP contribution in [0.4, 0.5) is 0 Å². The van der Waals surface area contributed by atoms with E-state index in [1.165, 1.54) is 11.3 Å². The zero-order chi connectivity index (χ0) is 26.6. The summed E-state index contributed by atoms with van der Waals surface area (Å²) in [5.41, 5.74) is 3.60. The van der Waals surface area contributed by atoms with Gasteiger partial charge >= 0.3 is 5.97 Å². The summed E-state index contributed by atoms with van der Waals surface area (Å²) in [6.07, 6.45) is 4.01. The van der Waals surface area contributed by atoms with Gasteiger partial charge in [0.15, 0.2) is 4.80 Å². The van der Waals surface area contributed by atoms with Crippen molar-refractivity contribution in [1.29, 1.82) is 0 Å². The molecule has 1 aromatic heterocycles. The number of rotatable bonds is 7. The first-order valence-electron chi connectivity index (χ1n) is 12.3. The molecule has 1 N–H and O–H groups in total. The second-order valence-electron chi connectivity index (χ2n) is 8.72. The van der Waals surface area contributed by atoms with Gasteiger partial charge in [0.05, 0.1) is 28.5 Å². The number of phenols is 1. The lowest BCUT2D eigenvalue weighted by Gasteiger charge is -2.25. The highest BCUT2D eigenvalue weighted by Gasteiger charge is 2.35. The first-order valence-corrected chi connectivity index (χ1v) is 13.1. The summed E-state index contributed by atoms with van der Waals surface area (Å²) in [4.78, 5) is 32.7. The molecule has 0 amide bonds. The Hall–Kier alpha value is -4.49. The van der Waals surface area contributed by atoms with E-state index < -0.39 is 12.0 Å². The SMILES string of the molecule is C=CCc1cc(/C=c2/sc3n(c2=O)[C@@H](c2ccccc2)C(C(=O)OCC)=C(c2ccccc2)N=3)ccc1O. The van der Waals surface area contributed by atoms with E-state index in [0.29, 0.717) is 27.0 Å². The number of fused-ring (bicyclic) bond motifs is 1. The molecule has 2 heterocycles. The topological polar surface area (TPSA) is 80.9 Å². The molecular formula is C31H26N2O4S. The van der Waals surface area contributed by atoms with Crippen LogP contribution in [0.1, 0.15) is 35.2 Å². The average molecular weight is 523 g/mol. The van der Waals surface area contributed by atoms with Crippen LogP contribution in [0.5, 0.6) is 5.75 Å². The molecule has 1 atom stereocenters. The third-order valence-corrected chi connectivity index (χ3v) is 7.24. The van der Waals surface area contributed by atoms with E-state index >= 15 is 0 Å². The van der Waals surface area contributed by atoms with Crippen LogP contribution >= 0.6 is 11.3 Å². The maximum absolute atomic E-state index is 13.9. The molecule has 38 heavy (non-hydrogen) atoms. The molecule has 6 nitrogen and oxygen atoms in total. The highest BCUT2D eigenvalue weighted by atomic mass is 32.1. The van der Waals surface area contributed by atoms with Gasteiger partial charge in [0.25, 0.3) is 5.56 Å². The molecule has 3 aromatic carbocycles. The van der Waals surface area contributed by atoms with Gasteiger partial charge in [-0.3, -0.25) is 9.36 Å². The predicted molar refractivity (Wildman–Crippen MR) is 150 cm³/mol. The van der Waals surface area contributed by atoms with Crippen LogP contribution in [-0.4, -0.2) is 22.2 Å². The molecule has 7 heteroatoms. The summed E-state index contributed by atoms with van der Waals surface area (Å²) in [5.74, 6) is -0.329. The number of aromatic hydroxyl groups is 1. The van der Waals surface area contributed by atoms with Crippen LogP contribution in [-0.2, 0) is 16.0 Å². The maximum atomic E-state index is 13.9. The largest absolute Gasteiger partial charge is 0.508 e. The van der Waals surface area contributed by atoms with Crippen LogP contribution in [0.15, 0.2) is 107 Å². The van der Waals surface area contributed by atoms with Gasteiger partial charge in [0.1, 0.15) is 5.75 Å². The summed E-state index contributed by atoms with van der Waals surface area (Å²) in [5, 5.41) is 10.2. The Morgan fingerprint density at radius 1 is 1.11 bits per heavy atom. The molecule has 0 fully saturated rings. The van der Waals surface area contributed by atoms with Crippen LogP contribution in [0.25, 0.3) is 11.8 Å². The molecule has 0 bridgehead atoms. The highest BCUT2D eigenvalue weighted by Crippen LogP contribution is 2.35. The lowest BCUT2D eigenvalue weighted by molar-refractivity contribution is -0.138. The molecule has 4 aromatic rings. The lowest BCUT2D eigenvalue weighted by atomic mass is 9.93. The number of hydrogen-bond donors (Lipinski definition) is 1. The third kappa shape index (κ3) is 4.76. The van der Waals surface area contributed by atoms with Crippen molar-refractivity contribution in [2.45, 2.75) is 19.4 Å². The van der Waals surface area contributed by atoms with Gasteiger partial charge in [-0.05, 0) is 48.2 Å². The minimum atomic E-state index is -0.708. The van der Waals surface area contributed by atoms with E-state index in [0.717, 1.165) is 22.3 Å². The second kappa shape index (κ2) is 10.9. The zero-order valence-electron chi connectivity index (χ0n) is 20.8. The minimum absolute atomic E-state index is 0.180. The van der Waals surface area contributed by atoms with Crippen LogP contribution < -0.4 is 14.9 Å². The molecule has 1 aliphatic rings. The van der Waals surface area contributed by atoms with Crippen LogP contribution in [0.2, 0.25) is 0 Å². The number of hydrogen-bond acceptors (Lipinski definition) is 6. The van der Waals surface area contributed by atoms with Crippen molar-refractivity contribution in [2.75, 3.05) is 6.61 Å². The lowest BCUT2D eigenvalue weighted by Crippen LogP contribution is -2.39. The number of ether oxygens (including phenoxy) is 1. The first-order chi connectivity index (χ1) is 18.5. The summed E-state index contributed by atoms with van der Waals surface area (Å²) in [6, 6.07) is 23.4. The fourth-order valence-corrected chi connectivity index (χ4v) is 5.56. The number of aromatic nitrogens is 1. The zero-order valence-corrected chi connectivity index (χ0v) is 21.7. The Balaban J connectivity index is 1.79. The Morgan fingerprint density at radius 3 is 2.50 bits per heavy atom. The van der Waals surface area contributed by atoms with Crippen molar-refractivity contribution in [3.63, 3.8) is 0 Å². The molecule has 0 spiro atoms. The molecule has 0 saturated carbocycles. The van der Waals surface area contributed by atoms with E-state index in [-0.39, 0.29) is 17.9 Å². The predicted octanol–water partition coefficient (Wildman–Crippen LogP) is 4.37. The number of esters is 1. The van der Waals surface area contributed by atoms with Crippen molar-refractivity contribution >= 4 is 29.1 Å². The molecule has 0 radical (unpaired) electrons. The van der Waals surface area contributed by atoms with Gasteiger partial charge < -0.3 is 9.84 Å². The summed E-state index contributed by atoms with van der Waals surface area (Å²) < 4.78 is 7.53. The third-order valence-electron chi connectivity index (χ3n) is 6.25. The Labute approximate surface area is 223 Å². The van der Waals surface area contributed by atoms with E-state index in [4.69, 9.17) is 9.73 Å². The normalized spacial score (nSPS) is 15.1. The van der Waals surface area contributed by atoms with Gasteiger partial charge in [0, 0.05) is 5.56 Å². The molecule has 190 valence electrons. The molecule has 0 saturated heterocycles. The van der Waals surface area contributed by atoms with Crippen LogP contribution in [0.3, 0.4) is 0 Å². The number of nitrogens with zero attached hydrogens (tertiary/aromatic N) is 2. The summed E-state index contributed by atoms with van der Waals surface area (Å²) >= 11 is 1.26. The Bertz CT molecular complexity index is 1720. The standard InChI is InChI=1S/C31H26N2O4S/c1-3-11-23-18-20(16-17-24(23)34)19-25-29(35)33-28(22-14-9-6-10-15-22)26(30(36)37-4-2)27(32-31(33)38-25)21-12-7-5-8-13-21/h3,5-10,12-19,28,34H,1,4,11H2,2H3/b25-19+/t28-/m0/s1. The molecule has 1 aliphatic heterocycles. The van der Waals surface area contributed by atoms with Crippen molar-refractivity contribution in [3.05, 3.63) is 139 Å². The number of carbonyl (C=O) groups excluding carboxylic acids is 1. The van der Waals surface area contributed by atoms with Crippen molar-refractivity contribution < 1.29 is 14.6 Å². The van der Waals surface area contributed by atoms with Crippen molar-refractivity contribution in [1.82, 2.24) is 4.57 Å². The number of carbonyl (C=O) groups is 1. The number of phenolic OH excluding ortho intramolecular Hbond substituents is 1. The molecule has 5 rings (SSSR count). The molecular weight excluding hydrogens is 496 g/mol. The highest BCUT2D eigenvalue weighted by molar-refractivity contribution is 7.07. The van der Waals surface area contributed by atoms with Gasteiger partial charge in [0.2, 0.25) is 0 Å². The Kier molecular flexibility index (Phi) is 7.20. The first kappa shape index (κ1) is 25.2. The van der Waals surface area contributed by atoms with E-state index in [1.54, 1.807) is 35.8 Å². The van der Waals surface area contributed by atoms with Gasteiger partial charge in [-0.1, -0.05) is 84.1 Å². The smallest absolute Gasteiger partial charge is 0.338 e. The monoisotopic (exact) mass is 522 g/mol. The van der Waals surface area contributed by atoms with E-state index in [9.17, 15) is 14.7 Å². The Morgan fingerprint density at radius 2 is 1.82 bits per heavy atom. The van der Waals surface area contributed by atoms with E-state index in [1.807, 2.05) is 66.7 Å². The van der Waals surface area contributed by atoms with Gasteiger partial charge in [-0.25, -0.2) is 9.79 Å².